The first-order chi connectivity index (χ1) is 7.75. The Bertz CT molecular complexity index is 353. The zero-order valence-corrected chi connectivity index (χ0v) is 13.0. The van der Waals surface area contributed by atoms with Gasteiger partial charge in [0.15, 0.2) is 0 Å². The number of hydrogen-bond acceptors (Lipinski definition) is 1. The van der Waals surface area contributed by atoms with E-state index in [1.807, 2.05) is 0 Å². The van der Waals surface area contributed by atoms with Gasteiger partial charge in [-0.05, 0) is 48.3 Å². The van der Waals surface area contributed by atoms with Gasteiger partial charge in [0.1, 0.15) is 0 Å². The van der Waals surface area contributed by atoms with E-state index < -0.39 is 0 Å². The fourth-order valence-electron chi connectivity index (χ4n) is 5.13. The fraction of sp³-hybridized carbons (Fsp3) is 1.00. The van der Waals surface area contributed by atoms with Gasteiger partial charge in [-0.25, -0.2) is 0 Å². The Morgan fingerprint density at radius 2 is 1.59 bits per heavy atom. The van der Waals surface area contributed by atoms with Crippen LogP contribution in [0.25, 0.3) is 0 Å². The normalized spacial score (nSPS) is 60.4. The lowest BCUT2D eigenvalue weighted by Crippen LogP contribution is -2.46. The largest absolute Gasteiger partial charge is 0.392 e. The van der Waals surface area contributed by atoms with E-state index in [9.17, 15) is 5.11 Å². The van der Waals surface area contributed by atoms with Crippen molar-refractivity contribution in [2.75, 3.05) is 0 Å². The number of alkyl halides is 1. The van der Waals surface area contributed by atoms with E-state index in [1.165, 1.54) is 25.7 Å². The molecule has 6 unspecified atom stereocenters. The number of fused-ring (bicyclic) bond motifs is 2. The smallest absolute Gasteiger partial charge is 0.0635 e. The van der Waals surface area contributed by atoms with Crippen LogP contribution in [0, 0.1) is 28.1 Å². The molecule has 6 atom stereocenters. The van der Waals surface area contributed by atoms with Gasteiger partial charge < -0.3 is 5.11 Å². The minimum absolute atomic E-state index is 0.0995. The van der Waals surface area contributed by atoms with E-state index in [-0.39, 0.29) is 16.9 Å². The molecule has 0 spiro atoms. The SMILES string of the molecule is CC1(C)C2CCC3(C)C(Br)CCC3(C)C(O)C21. The van der Waals surface area contributed by atoms with Gasteiger partial charge in [-0.3, -0.25) is 0 Å². The highest BCUT2D eigenvalue weighted by atomic mass is 79.9. The lowest BCUT2D eigenvalue weighted by molar-refractivity contribution is -0.0503. The summed E-state index contributed by atoms with van der Waals surface area (Å²) >= 11 is 3.89. The molecule has 0 aromatic heterocycles. The Hall–Kier alpha value is 0.440. The number of aliphatic hydroxyl groups excluding tert-OH is 1. The summed E-state index contributed by atoms with van der Waals surface area (Å²) in [4.78, 5) is 0.593. The average molecular weight is 301 g/mol. The van der Waals surface area contributed by atoms with Crippen LogP contribution in [0.2, 0.25) is 0 Å². The summed E-state index contributed by atoms with van der Waals surface area (Å²) in [6, 6.07) is 0. The molecule has 1 N–H and O–H groups in total. The Morgan fingerprint density at radius 1 is 1.00 bits per heavy atom. The monoisotopic (exact) mass is 300 g/mol. The van der Waals surface area contributed by atoms with Crippen molar-refractivity contribution in [3.05, 3.63) is 0 Å². The molecule has 17 heavy (non-hydrogen) atoms. The molecule has 0 amide bonds. The van der Waals surface area contributed by atoms with Crippen molar-refractivity contribution in [1.29, 1.82) is 0 Å². The van der Waals surface area contributed by atoms with Crippen molar-refractivity contribution in [2.24, 2.45) is 28.1 Å². The maximum atomic E-state index is 10.9. The molecule has 0 saturated heterocycles. The molecule has 3 rings (SSSR count). The second-order valence-corrected chi connectivity index (χ2v) is 8.88. The molecule has 0 heterocycles. The maximum absolute atomic E-state index is 10.9. The molecular formula is C15H25BrO. The van der Waals surface area contributed by atoms with E-state index in [1.54, 1.807) is 0 Å². The van der Waals surface area contributed by atoms with E-state index >= 15 is 0 Å². The molecule has 0 aliphatic heterocycles. The number of halogens is 1. The zero-order valence-electron chi connectivity index (χ0n) is 11.5. The lowest BCUT2D eigenvalue weighted by atomic mass is 9.62. The second kappa shape index (κ2) is 3.30. The van der Waals surface area contributed by atoms with Gasteiger partial charge in [-0.1, -0.05) is 43.6 Å². The Balaban J connectivity index is 1.99. The number of hydrogen-bond donors (Lipinski definition) is 1. The van der Waals surface area contributed by atoms with Crippen LogP contribution >= 0.6 is 15.9 Å². The van der Waals surface area contributed by atoms with Crippen molar-refractivity contribution in [1.82, 2.24) is 0 Å². The molecule has 0 bridgehead atoms. The molecule has 0 aromatic carbocycles. The summed E-state index contributed by atoms with van der Waals surface area (Å²) in [5, 5.41) is 10.9. The van der Waals surface area contributed by atoms with Gasteiger partial charge in [-0.15, -0.1) is 0 Å². The Kier molecular flexibility index (Phi) is 2.42. The summed E-state index contributed by atoms with van der Waals surface area (Å²) in [6.07, 6.45) is 4.89. The predicted octanol–water partition coefficient (Wildman–Crippen LogP) is 3.98. The molecule has 3 aliphatic carbocycles. The summed E-state index contributed by atoms with van der Waals surface area (Å²) in [5.74, 6) is 1.31. The van der Waals surface area contributed by atoms with Crippen molar-refractivity contribution >= 4 is 15.9 Å². The Morgan fingerprint density at radius 3 is 2.24 bits per heavy atom. The molecule has 0 aromatic rings. The van der Waals surface area contributed by atoms with Crippen molar-refractivity contribution in [2.45, 2.75) is 64.3 Å². The first-order valence-corrected chi connectivity index (χ1v) is 7.99. The third-order valence-electron chi connectivity index (χ3n) is 7.02. The van der Waals surface area contributed by atoms with E-state index in [0.29, 0.717) is 16.2 Å². The molecular weight excluding hydrogens is 276 g/mol. The third-order valence-corrected chi connectivity index (χ3v) is 8.49. The summed E-state index contributed by atoms with van der Waals surface area (Å²) in [7, 11) is 0. The highest BCUT2D eigenvalue weighted by Gasteiger charge is 2.70. The second-order valence-electron chi connectivity index (χ2n) is 7.78. The van der Waals surface area contributed by atoms with Gasteiger partial charge in [0.2, 0.25) is 0 Å². The van der Waals surface area contributed by atoms with Gasteiger partial charge >= 0.3 is 0 Å². The van der Waals surface area contributed by atoms with Crippen LogP contribution in [0.15, 0.2) is 0 Å². The first kappa shape index (κ1) is 12.5. The van der Waals surface area contributed by atoms with Gasteiger partial charge in [0.05, 0.1) is 6.10 Å². The molecule has 98 valence electrons. The van der Waals surface area contributed by atoms with Gasteiger partial charge in [-0.2, -0.15) is 0 Å². The highest BCUT2D eigenvalue weighted by Crippen LogP contribution is 2.72. The van der Waals surface area contributed by atoms with E-state index in [2.05, 4.69) is 43.6 Å². The standard InChI is InChI=1S/C15H25BrO/c1-13(2)9-5-7-14(3)10(16)6-8-15(14,4)12(17)11(9)13/h9-12,17H,5-8H2,1-4H3. The van der Waals surface area contributed by atoms with Crippen LogP contribution in [0.4, 0.5) is 0 Å². The van der Waals surface area contributed by atoms with Crippen LogP contribution < -0.4 is 0 Å². The molecule has 3 saturated carbocycles. The van der Waals surface area contributed by atoms with Gasteiger partial charge in [0, 0.05) is 10.2 Å². The minimum atomic E-state index is -0.0995. The lowest BCUT2D eigenvalue weighted by Gasteiger charge is -2.46. The summed E-state index contributed by atoms with van der Waals surface area (Å²) in [6.45, 7) is 9.44. The van der Waals surface area contributed by atoms with Crippen LogP contribution in [0.3, 0.4) is 0 Å². The van der Waals surface area contributed by atoms with E-state index in [4.69, 9.17) is 0 Å². The van der Waals surface area contributed by atoms with Crippen molar-refractivity contribution in [3.8, 4) is 0 Å². The third kappa shape index (κ3) is 1.30. The van der Waals surface area contributed by atoms with E-state index in [0.717, 1.165) is 5.92 Å². The number of aliphatic hydroxyl groups is 1. The van der Waals surface area contributed by atoms with Crippen LogP contribution in [-0.2, 0) is 0 Å². The molecule has 2 heteroatoms. The zero-order chi connectivity index (χ0) is 12.6. The molecule has 0 radical (unpaired) electrons. The molecule has 3 fully saturated rings. The van der Waals surface area contributed by atoms with Crippen molar-refractivity contribution < 1.29 is 5.11 Å². The van der Waals surface area contributed by atoms with Gasteiger partial charge in [0.25, 0.3) is 0 Å². The summed E-state index contributed by atoms with van der Waals surface area (Å²) in [5.41, 5.74) is 0.790. The van der Waals surface area contributed by atoms with Crippen LogP contribution in [0.1, 0.15) is 53.4 Å². The first-order valence-electron chi connectivity index (χ1n) is 7.07. The highest BCUT2D eigenvalue weighted by molar-refractivity contribution is 9.09. The predicted molar refractivity (Wildman–Crippen MR) is 74.2 cm³/mol. The molecule has 1 nitrogen and oxygen atoms in total. The molecule has 3 aliphatic rings. The minimum Gasteiger partial charge on any atom is -0.392 e. The quantitative estimate of drug-likeness (QED) is 0.671. The van der Waals surface area contributed by atoms with Crippen LogP contribution in [0.5, 0.6) is 0 Å². The maximum Gasteiger partial charge on any atom is 0.0635 e. The van der Waals surface area contributed by atoms with Crippen molar-refractivity contribution in [3.63, 3.8) is 0 Å². The topological polar surface area (TPSA) is 20.2 Å². The summed E-state index contributed by atoms with van der Waals surface area (Å²) < 4.78 is 0. The fourth-order valence-corrected chi connectivity index (χ4v) is 6.11. The average Bonchev–Trinajstić information content (AvgIpc) is 2.75. The Labute approximate surface area is 113 Å². The number of rotatable bonds is 0. The van der Waals surface area contributed by atoms with Crippen LogP contribution in [-0.4, -0.2) is 16.0 Å².